The Morgan fingerprint density at radius 2 is 2.00 bits per heavy atom. The fourth-order valence-corrected chi connectivity index (χ4v) is 4.45. The Kier molecular flexibility index (Phi) is 5.59. The number of aromatic nitrogens is 3. The zero-order valence-corrected chi connectivity index (χ0v) is 17.9. The second-order valence-electron chi connectivity index (χ2n) is 8.25. The second-order valence-corrected chi connectivity index (χ2v) is 8.25. The Bertz CT molecular complexity index is 1330. The van der Waals surface area contributed by atoms with Crippen molar-refractivity contribution in [2.24, 2.45) is 5.92 Å². The topological polar surface area (TPSA) is 86.5 Å². The highest BCUT2D eigenvalue weighted by atomic mass is 16.5. The van der Waals surface area contributed by atoms with E-state index in [0.717, 1.165) is 21.9 Å². The molecule has 0 aliphatic carbocycles. The van der Waals surface area contributed by atoms with Crippen molar-refractivity contribution in [3.05, 3.63) is 76.5 Å². The van der Waals surface area contributed by atoms with Gasteiger partial charge in [0, 0.05) is 36.7 Å². The lowest BCUT2D eigenvalue weighted by Crippen LogP contribution is -2.37. The highest BCUT2D eigenvalue weighted by Gasteiger charge is 2.25. The van der Waals surface area contributed by atoms with Crippen molar-refractivity contribution in [2.45, 2.75) is 25.5 Å². The van der Waals surface area contributed by atoms with Gasteiger partial charge in [0.15, 0.2) is 0 Å². The molecule has 0 spiro atoms. The molecule has 1 saturated heterocycles. The Balaban J connectivity index is 1.61. The first kappa shape index (κ1) is 20.6. The fourth-order valence-electron chi connectivity index (χ4n) is 4.45. The smallest absolute Gasteiger partial charge is 0.261 e. The molecule has 1 aliphatic rings. The summed E-state index contributed by atoms with van der Waals surface area (Å²) in [6.07, 6.45) is 4.07. The Hall–Kier alpha value is -3.29. The van der Waals surface area contributed by atoms with Gasteiger partial charge in [-0.2, -0.15) is 0 Å². The van der Waals surface area contributed by atoms with Crippen LogP contribution in [-0.2, 0) is 17.7 Å². The third kappa shape index (κ3) is 3.85. The Morgan fingerprint density at radius 3 is 2.81 bits per heavy atom. The number of benzene rings is 2. The van der Waals surface area contributed by atoms with Crippen molar-refractivity contribution in [1.82, 2.24) is 14.5 Å². The Morgan fingerprint density at radius 1 is 1.16 bits per heavy atom. The quantitative estimate of drug-likeness (QED) is 0.489. The summed E-state index contributed by atoms with van der Waals surface area (Å²) in [6, 6.07) is 13.8. The highest BCUT2D eigenvalue weighted by Crippen LogP contribution is 2.28. The molecule has 2 aromatic carbocycles. The SMILES string of the molecule is COc1cc(Cc2cc3c(=O)n(CC4COCCC4O)cnc3c3ccccc23)ccn1. The van der Waals surface area contributed by atoms with Gasteiger partial charge in [-0.3, -0.25) is 9.36 Å². The lowest BCUT2D eigenvalue weighted by atomic mass is 9.96. The Labute approximate surface area is 185 Å². The van der Waals surface area contributed by atoms with E-state index in [1.165, 1.54) is 0 Å². The third-order valence-corrected chi connectivity index (χ3v) is 6.19. The second kappa shape index (κ2) is 8.68. The van der Waals surface area contributed by atoms with Gasteiger partial charge in [-0.1, -0.05) is 24.3 Å². The van der Waals surface area contributed by atoms with E-state index in [4.69, 9.17) is 9.47 Å². The minimum atomic E-state index is -0.472. The van der Waals surface area contributed by atoms with E-state index in [1.807, 2.05) is 36.4 Å². The highest BCUT2D eigenvalue weighted by molar-refractivity contribution is 6.06. The zero-order chi connectivity index (χ0) is 22.1. The molecular weight excluding hydrogens is 406 g/mol. The predicted octanol–water partition coefficient (Wildman–Crippen LogP) is 2.94. The predicted molar refractivity (Wildman–Crippen MR) is 122 cm³/mol. The standard InChI is InChI=1S/C25H25N3O4/c1-31-23-11-16(6-8-26-23)10-17-12-21-24(20-5-3-2-4-19(17)20)27-15-28(25(21)30)13-18-14-32-9-7-22(18)29/h2-6,8,11-12,15,18,22,29H,7,9-10,13-14H2,1H3. The van der Waals surface area contributed by atoms with Gasteiger partial charge >= 0.3 is 0 Å². The van der Waals surface area contributed by atoms with Gasteiger partial charge in [-0.25, -0.2) is 9.97 Å². The van der Waals surface area contributed by atoms with E-state index in [9.17, 15) is 9.90 Å². The molecule has 5 rings (SSSR count). The third-order valence-electron chi connectivity index (χ3n) is 6.19. The van der Waals surface area contributed by atoms with Crippen molar-refractivity contribution in [2.75, 3.05) is 20.3 Å². The van der Waals surface area contributed by atoms with Gasteiger partial charge in [0.05, 0.1) is 37.1 Å². The minimum Gasteiger partial charge on any atom is -0.481 e. The molecule has 0 bridgehead atoms. The summed E-state index contributed by atoms with van der Waals surface area (Å²) in [5, 5.41) is 12.9. The summed E-state index contributed by atoms with van der Waals surface area (Å²) < 4.78 is 12.4. The normalized spacial score (nSPS) is 18.8. The molecule has 7 nitrogen and oxygen atoms in total. The summed E-state index contributed by atoms with van der Waals surface area (Å²) in [7, 11) is 1.60. The van der Waals surface area contributed by atoms with Crippen LogP contribution in [0, 0.1) is 5.92 Å². The number of rotatable bonds is 5. The fraction of sp³-hybridized carbons (Fsp3) is 0.320. The van der Waals surface area contributed by atoms with Crippen LogP contribution in [0.5, 0.6) is 5.88 Å². The number of aliphatic hydroxyl groups excluding tert-OH is 1. The van der Waals surface area contributed by atoms with E-state index in [0.29, 0.717) is 49.4 Å². The van der Waals surface area contributed by atoms with E-state index >= 15 is 0 Å². The number of pyridine rings is 1. The summed E-state index contributed by atoms with van der Waals surface area (Å²) in [5.41, 5.74) is 2.68. The van der Waals surface area contributed by atoms with Crippen molar-refractivity contribution in [3.8, 4) is 5.88 Å². The molecule has 3 heterocycles. The van der Waals surface area contributed by atoms with E-state index in [-0.39, 0.29) is 11.5 Å². The molecule has 2 unspecified atom stereocenters. The molecule has 1 N–H and O–H groups in total. The van der Waals surface area contributed by atoms with Gasteiger partial charge in [-0.15, -0.1) is 0 Å². The monoisotopic (exact) mass is 431 g/mol. The van der Waals surface area contributed by atoms with Gasteiger partial charge in [0.2, 0.25) is 5.88 Å². The molecule has 0 amide bonds. The number of ether oxygens (including phenoxy) is 2. The molecular formula is C25H25N3O4. The van der Waals surface area contributed by atoms with Crippen LogP contribution in [0.1, 0.15) is 17.5 Å². The molecule has 164 valence electrons. The first-order valence-corrected chi connectivity index (χ1v) is 10.8. The molecule has 0 saturated carbocycles. The van der Waals surface area contributed by atoms with Crippen LogP contribution < -0.4 is 10.3 Å². The van der Waals surface area contributed by atoms with Crippen LogP contribution in [0.3, 0.4) is 0 Å². The molecule has 7 heteroatoms. The molecule has 1 aliphatic heterocycles. The molecule has 0 radical (unpaired) electrons. The van der Waals surface area contributed by atoms with Crippen LogP contribution in [0.2, 0.25) is 0 Å². The van der Waals surface area contributed by atoms with E-state index < -0.39 is 6.10 Å². The van der Waals surface area contributed by atoms with Crippen molar-refractivity contribution in [1.29, 1.82) is 0 Å². The van der Waals surface area contributed by atoms with Crippen LogP contribution >= 0.6 is 0 Å². The summed E-state index contributed by atoms with van der Waals surface area (Å²) >= 11 is 0. The maximum atomic E-state index is 13.4. The number of nitrogens with zero attached hydrogens (tertiary/aromatic N) is 3. The average Bonchev–Trinajstić information content (AvgIpc) is 2.83. The van der Waals surface area contributed by atoms with Gasteiger partial charge in [-0.05, 0) is 41.5 Å². The van der Waals surface area contributed by atoms with Crippen LogP contribution in [0.15, 0.2) is 59.8 Å². The van der Waals surface area contributed by atoms with Gasteiger partial charge in [0.1, 0.15) is 0 Å². The van der Waals surface area contributed by atoms with Crippen molar-refractivity contribution < 1.29 is 14.6 Å². The van der Waals surface area contributed by atoms with E-state index in [2.05, 4.69) is 16.0 Å². The van der Waals surface area contributed by atoms with Crippen molar-refractivity contribution in [3.63, 3.8) is 0 Å². The summed E-state index contributed by atoms with van der Waals surface area (Å²) in [4.78, 5) is 22.3. The number of fused-ring (bicyclic) bond motifs is 3. The average molecular weight is 431 g/mol. The maximum Gasteiger partial charge on any atom is 0.261 e. The van der Waals surface area contributed by atoms with Crippen molar-refractivity contribution >= 4 is 21.7 Å². The molecule has 2 aromatic heterocycles. The van der Waals surface area contributed by atoms with Crippen LogP contribution in [0.25, 0.3) is 21.7 Å². The zero-order valence-electron chi connectivity index (χ0n) is 17.9. The first-order chi connectivity index (χ1) is 15.6. The molecule has 1 fully saturated rings. The maximum absolute atomic E-state index is 13.4. The first-order valence-electron chi connectivity index (χ1n) is 10.8. The lowest BCUT2D eigenvalue weighted by molar-refractivity contribution is -0.0415. The number of methoxy groups -OCH3 is 1. The number of hydrogen-bond acceptors (Lipinski definition) is 6. The van der Waals surface area contributed by atoms with Gasteiger partial charge in [0.25, 0.3) is 5.56 Å². The molecule has 32 heavy (non-hydrogen) atoms. The molecule has 4 aromatic rings. The van der Waals surface area contributed by atoms with E-state index in [1.54, 1.807) is 24.2 Å². The number of hydrogen-bond donors (Lipinski definition) is 1. The minimum absolute atomic E-state index is 0.105. The lowest BCUT2D eigenvalue weighted by Gasteiger charge is -2.28. The number of aliphatic hydroxyl groups is 1. The van der Waals surface area contributed by atoms with Crippen LogP contribution in [-0.4, -0.2) is 46.1 Å². The molecule has 2 atom stereocenters. The van der Waals surface area contributed by atoms with Gasteiger partial charge < -0.3 is 14.6 Å². The summed E-state index contributed by atoms with van der Waals surface area (Å²) in [6.45, 7) is 1.38. The largest absolute Gasteiger partial charge is 0.481 e. The summed E-state index contributed by atoms with van der Waals surface area (Å²) in [5.74, 6) is 0.440. The van der Waals surface area contributed by atoms with Crippen LogP contribution in [0.4, 0.5) is 0 Å².